The molecule has 7 heteroatoms. The normalized spacial score (nSPS) is 14.2. The van der Waals surface area contributed by atoms with Crippen molar-refractivity contribution in [3.05, 3.63) is 101 Å². The molecule has 1 fully saturated rings. The van der Waals surface area contributed by atoms with Gasteiger partial charge in [0.25, 0.3) is 5.56 Å². The molecular weight excluding hydrogens is 420 g/mol. The number of nitrogens with one attached hydrogen (secondary N) is 1. The second-order valence-corrected chi connectivity index (χ2v) is 8.93. The van der Waals surface area contributed by atoms with Crippen LogP contribution in [0.1, 0.15) is 29.2 Å². The van der Waals surface area contributed by atoms with Gasteiger partial charge in [-0.25, -0.2) is 4.98 Å². The molecule has 1 N–H and O–H groups in total. The smallest absolute Gasteiger partial charge is 0.262 e. The minimum absolute atomic E-state index is 0.0564. The maximum atomic E-state index is 13.4. The van der Waals surface area contributed by atoms with E-state index in [0.717, 1.165) is 24.0 Å². The lowest BCUT2D eigenvalue weighted by molar-refractivity contribution is -0.120. The fraction of sp³-hybridized carbons (Fsp3) is 0.200. The highest BCUT2D eigenvalue weighted by atomic mass is 32.2. The number of nitrogens with zero attached hydrogens (tertiary/aromatic N) is 3. The Labute approximate surface area is 189 Å². The third-order valence-electron chi connectivity index (χ3n) is 5.38. The minimum Gasteiger partial charge on any atom is -0.352 e. The van der Waals surface area contributed by atoms with E-state index in [4.69, 9.17) is 4.98 Å². The summed E-state index contributed by atoms with van der Waals surface area (Å²) in [5, 5.41) is 3.67. The van der Waals surface area contributed by atoms with Crippen LogP contribution >= 0.6 is 11.8 Å². The standard InChI is InChI=1S/C25H22N4O2S/c30-23(27-19-12-13-19)22(18-8-2-1-3-9-18)32-25-28-21-11-5-4-10-20(21)24(31)29(25)16-17-7-6-14-26-15-17/h1-11,14-15,19,22H,12-13,16H2,(H,27,30). The Balaban J connectivity index is 1.59. The average molecular weight is 443 g/mol. The van der Waals surface area contributed by atoms with Crippen LogP contribution in [0.4, 0.5) is 0 Å². The Morgan fingerprint density at radius 1 is 1.06 bits per heavy atom. The van der Waals surface area contributed by atoms with Crippen LogP contribution in [0.2, 0.25) is 0 Å². The summed E-state index contributed by atoms with van der Waals surface area (Å²) in [4.78, 5) is 35.5. The topological polar surface area (TPSA) is 76.9 Å². The molecule has 0 bridgehead atoms. The second-order valence-electron chi connectivity index (χ2n) is 7.86. The van der Waals surface area contributed by atoms with Crippen molar-refractivity contribution in [3.63, 3.8) is 0 Å². The zero-order valence-electron chi connectivity index (χ0n) is 17.3. The Morgan fingerprint density at radius 2 is 1.84 bits per heavy atom. The predicted octanol–water partition coefficient (Wildman–Crippen LogP) is 3.95. The molecule has 0 spiro atoms. The van der Waals surface area contributed by atoms with Crippen LogP contribution in [0.25, 0.3) is 10.9 Å². The number of benzene rings is 2. The first-order valence-corrected chi connectivity index (χ1v) is 11.5. The van der Waals surface area contributed by atoms with Gasteiger partial charge in [0.15, 0.2) is 5.16 Å². The summed E-state index contributed by atoms with van der Waals surface area (Å²) in [5.74, 6) is -0.0564. The molecule has 4 aromatic rings. The molecule has 32 heavy (non-hydrogen) atoms. The lowest BCUT2D eigenvalue weighted by Crippen LogP contribution is -2.31. The third-order valence-corrected chi connectivity index (χ3v) is 6.62. The Morgan fingerprint density at radius 3 is 2.59 bits per heavy atom. The van der Waals surface area contributed by atoms with Crippen LogP contribution in [0, 0.1) is 0 Å². The van der Waals surface area contributed by atoms with Crippen molar-refractivity contribution in [2.75, 3.05) is 0 Å². The highest BCUT2D eigenvalue weighted by Crippen LogP contribution is 2.36. The summed E-state index contributed by atoms with van der Waals surface area (Å²) in [5.41, 5.74) is 2.27. The molecule has 6 nitrogen and oxygen atoms in total. The number of para-hydroxylation sites is 1. The molecule has 5 rings (SSSR count). The van der Waals surface area contributed by atoms with Crippen molar-refractivity contribution in [1.82, 2.24) is 19.9 Å². The highest BCUT2D eigenvalue weighted by molar-refractivity contribution is 8.00. The predicted molar refractivity (Wildman–Crippen MR) is 126 cm³/mol. The third kappa shape index (κ3) is 4.43. The summed E-state index contributed by atoms with van der Waals surface area (Å²) in [7, 11) is 0. The molecular formula is C25H22N4O2S. The van der Waals surface area contributed by atoms with Gasteiger partial charge in [-0.15, -0.1) is 0 Å². The molecule has 1 saturated carbocycles. The molecule has 1 aliphatic rings. The minimum atomic E-state index is -0.509. The summed E-state index contributed by atoms with van der Waals surface area (Å²) in [6, 6.07) is 21.0. The first-order valence-electron chi connectivity index (χ1n) is 10.6. The molecule has 1 atom stereocenters. The van der Waals surface area contributed by atoms with Crippen molar-refractivity contribution < 1.29 is 4.79 Å². The lowest BCUT2D eigenvalue weighted by atomic mass is 10.1. The molecule has 1 amide bonds. The number of fused-ring (bicyclic) bond motifs is 1. The van der Waals surface area contributed by atoms with Gasteiger partial charge >= 0.3 is 0 Å². The van der Waals surface area contributed by atoms with E-state index in [0.29, 0.717) is 22.6 Å². The number of pyridine rings is 1. The van der Waals surface area contributed by atoms with E-state index in [2.05, 4.69) is 10.3 Å². The summed E-state index contributed by atoms with van der Waals surface area (Å²) >= 11 is 1.31. The van der Waals surface area contributed by atoms with Gasteiger partial charge in [-0.1, -0.05) is 60.3 Å². The fourth-order valence-corrected chi connectivity index (χ4v) is 4.67. The summed E-state index contributed by atoms with van der Waals surface area (Å²) < 4.78 is 1.64. The van der Waals surface area contributed by atoms with Crippen LogP contribution in [0.5, 0.6) is 0 Å². The van der Waals surface area contributed by atoms with Crippen LogP contribution < -0.4 is 10.9 Å². The van der Waals surface area contributed by atoms with E-state index in [1.807, 2.05) is 60.7 Å². The average Bonchev–Trinajstić information content (AvgIpc) is 3.65. The van der Waals surface area contributed by atoms with Gasteiger partial charge in [0.1, 0.15) is 5.25 Å². The maximum absolute atomic E-state index is 13.4. The van der Waals surface area contributed by atoms with Crippen molar-refractivity contribution in [2.24, 2.45) is 0 Å². The number of amides is 1. The zero-order chi connectivity index (χ0) is 21.9. The van der Waals surface area contributed by atoms with Crippen molar-refractivity contribution in [2.45, 2.75) is 35.8 Å². The number of rotatable bonds is 7. The zero-order valence-corrected chi connectivity index (χ0v) is 18.2. The van der Waals surface area contributed by atoms with Crippen LogP contribution in [-0.2, 0) is 11.3 Å². The van der Waals surface area contributed by atoms with Crippen LogP contribution in [0.3, 0.4) is 0 Å². The summed E-state index contributed by atoms with van der Waals surface area (Å²) in [6.45, 7) is 0.332. The van der Waals surface area contributed by atoms with E-state index in [1.54, 1.807) is 23.0 Å². The Bertz CT molecular complexity index is 1300. The molecule has 0 aliphatic heterocycles. The Hall–Kier alpha value is -3.45. The van der Waals surface area contributed by atoms with Gasteiger partial charge in [-0.3, -0.25) is 19.1 Å². The number of hydrogen-bond acceptors (Lipinski definition) is 5. The van der Waals surface area contributed by atoms with Gasteiger partial charge in [-0.2, -0.15) is 0 Å². The molecule has 0 saturated heterocycles. The van der Waals surface area contributed by atoms with Gasteiger partial charge in [0.2, 0.25) is 5.91 Å². The first kappa shape index (κ1) is 20.5. The number of carbonyl (C=O) groups is 1. The van der Waals surface area contributed by atoms with Crippen molar-refractivity contribution in [3.8, 4) is 0 Å². The SMILES string of the molecule is O=C(NC1CC1)C(Sc1nc2ccccc2c(=O)n1Cc1cccnc1)c1ccccc1. The van der Waals surface area contributed by atoms with Crippen molar-refractivity contribution in [1.29, 1.82) is 0 Å². The largest absolute Gasteiger partial charge is 0.352 e. The van der Waals surface area contributed by atoms with Gasteiger partial charge < -0.3 is 5.32 Å². The fourth-order valence-electron chi connectivity index (χ4n) is 3.56. The second kappa shape index (κ2) is 8.96. The van der Waals surface area contributed by atoms with E-state index < -0.39 is 5.25 Å². The molecule has 2 aromatic heterocycles. The Kier molecular flexibility index (Phi) is 5.73. The van der Waals surface area contributed by atoms with Crippen LogP contribution in [-0.4, -0.2) is 26.5 Å². The van der Waals surface area contributed by atoms with Crippen molar-refractivity contribution >= 4 is 28.6 Å². The molecule has 2 heterocycles. The molecule has 0 radical (unpaired) electrons. The molecule has 1 unspecified atom stereocenters. The van der Waals surface area contributed by atoms with E-state index >= 15 is 0 Å². The molecule has 1 aliphatic carbocycles. The highest BCUT2D eigenvalue weighted by Gasteiger charge is 2.30. The van der Waals surface area contributed by atoms with E-state index in [9.17, 15) is 9.59 Å². The van der Waals surface area contributed by atoms with E-state index in [-0.39, 0.29) is 17.5 Å². The van der Waals surface area contributed by atoms with Gasteiger partial charge in [0, 0.05) is 18.4 Å². The number of aromatic nitrogens is 3. The number of hydrogen-bond donors (Lipinski definition) is 1. The number of carbonyl (C=O) groups excluding carboxylic acids is 1. The monoisotopic (exact) mass is 442 g/mol. The molecule has 2 aromatic carbocycles. The van der Waals surface area contributed by atoms with Gasteiger partial charge in [0.05, 0.1) is 17.4 Å². The van der Waals surface area contributed by atoms with Crippen LogP contribution in [0.15, 0.2) is 89.1 Å². The summed E-state index contributed by atoms with van der Waals surface area (Å²) in [6.07, 6.45) is 5.47. The quantitative estimate of drug-likeness (QED) is 0.346. The molecule has 160 valence electrons. The first-order chi connectivity index (χ1) is 15.7. The number of thioether (sulfide) groups is 1. The maximum Gasteiger partial charge on any atom is 0.262 e. The van der Waals surface area contributed by atoms with Gasteiger partial charge in [-0.05, 0) is 42.2 Å². The van der Waals surface area contributed by atoms with E-state index in [1.165, 1.54) is 11.8 Å². The lowest BCUT2D eigenvalue weighted by Gasteiger charge is -2.19.